The van der Waals surface area contributed by atoms with E-state index in [0.717, 1.165) is 39.1 Å². The molecule has 1 unspecified atom stereocenters. The van der Waals surface area contributed by atoms with Gasteiger partial charge in [-0.05, 0) is 12.1 Å². The molecule has 0 aliphatic carbocycles. The predicted octanol–water partition coefficient (Wildman–Crippen LogP) is 3.39. The molecule has 1 saturated heterocycles. The van der Waals surface area contributed by atoms with Crippen LogP contribution in [0.25, 0.3) is 10.8 Å². The quantitative estimate of drug-likeness (QED) is 0.901. The molecule has 4 nitrogen and oxygen atoms in total. The molecular weight excluding hydrogens is 352 g/mol. The molecule has 6 heteroatoms. The van der Waals surface area contributed by atoms with Gasteiger partial charge in [0.1, 0.15) is 5.82 Å². The van der Waals surface area contributed by atoms with Gasteiger partial charge in [-0.15, -0.1) is 0 Å². The van der Waals surface area contributed by atoms with Gasteiger partial charge in [-0.3, -0.25) is 4.79 Å². The zero-order valence-electron chi connectivity index (χ0n) is 11.3. The Balaban J connectivity index is 2.05. The van der Waals surface area contributed by atoms with Crippen molar-refractivity contribution in [2.24, 2.45) is 0 Å². The maximum Gasteiger partial charge on any atom is 0.305 e. The maximum atomic E-state index is 11.1. The molecule has 1 aliphatic rings. The van der Waals surface area contributed by atoms with E-state index in [2.05, 4.69) is 25.8 Å². The number of benzene rings is 1. The van der Waals surface area contributed by atoms with Gasteiger partial charge >= 0.3 is 5.97 Å². The Bertz CT molecular complexity index is 680. The summed E-state index contributed by atoms with van der Waals surface area (Å²) in [5.41, 5.74) is 0. The molecule has 1 aromatic carbocycles. The van der Waals surface area contributed by atoms with Gasteiger partial charge < -0.3 is 10.0 Å². The van der Waals surface area contributed by atoms with Gasteiger partial charge in [0.15, 0.2) is 0 Å². The molecule has 0 saturated carbocycles. The number of aromatic nitrogens is 1. The monoisotopic (exact) mass is 366 g/mol. The lowest BCUT2D eigenvalue weighted by Crippen LogP contribution is -2.44. The lowest BCUT2D eigenvalue weighted by atomic mass is 10.1. The van der Waals surface area contributed by atoms with Gasteiger partial charge in [-0.2, -0.15) is 11.8 Å². The molecule has 3 rings (SSSR count). The van der Waals surface area contributed by atoms with Crippen molar-refractivity contribution in [3.8, 4) is 0 Å². The maximum absolute atomic E-state index is 11.1. The highest BCUT2D eigenvalue weighted by molar-refractivity contribution is 9.10. The Hall–Kier alpha value is -1.27. The highest BCUT2D eigenvalue weighted by Crippen LogP contribution is 2.33. The number of hydrogen-bond acceptors (Lipinski definition) is 4. The van der Waals surface area contributed by atoms with Crippen molar-refractivity contribution in [2.45, 2.75) is 12.5 Å². The van der Waals surface area contributed by atoms with Crippen molar-refractivity contribution in [1.82, 2.24) is 4.98 Å². The van der Waals surface area contributed by atoms with E-state index in [9.17, 15) is 4.79 Å². The average molecular weight is 367 g/mol. The van der Waals surface area contributed by atoms with Crippen molar-refractivity contribution in [3.63, 3.8) is 0 Å². The summed E-state index contributed by atoms with van der Waals surface area (Å²) >= 11 is 5.38. The fourth-order valence-electron chi connectivity index (χ4n) is 2.69. The second kappa shape index (κ2) is 6.23. The lowest BCUT2D eigenvalue weighted by Gasteiger charge is -2.36. The minimum atomic E-state index is -0.756. The number of thioether (sulfide) groups is 1. The van der Waals surface area contributed by atoms with Crippen LogP contribution in [0.1, 0.15) is 6.42 Å². The SMILES string of the molecule is O=C(O)CC1CSCCN1c1nccc2c(Br)cccc12. The van der Waals surface area contributed by atoms with Crippen LogP contribution < -0.4 is 4.90 Å². The topological polar surface area (TPSA) is 53.4 Å². The minimum Gasteiger partial charge on any atom is -0.481 e. The number of aliphatic carboxylic acids is 1. The van der Waals surface area contributed by atoms with Crippen LogP contribution in [0.3, 0.4) is 0 Å². The zero-order valence-corrected chi connectivity index (χ0v) is 13.7. The summed E-state index contributed by atoms with van der Waals surface area (Å²) in [6.07, 6.45) is 1.95. The molecule has 0 amide bonds. The third-order valence-corrected chi connectivity index (χ3v) is 5.42. The molecule has 0 spiro atoms. The fraction of sp³-hybridized carbons (Fsp3) is 0.333. The molecule has 110 valence electrons. The highest BCUT2D eigenvalue weighted by atomic mass is 79.9. The Morgan fingerprint density at radius 2 is 2.29 bits per heavy atom. The first kappa shape index (κ1) is 14.7. The molecule has 1 N–H and O–H groups in total. The molecule has 2 aromatic rings. The number of carboxylic acid groups (broad SMARTS) is 1. The number of pyridine rings is 1. The van der Waals surface area contributed by atoms with E-state index in [0.29, 0.717) is 0 Å². The third-order valence-electron chi connectivity index (χ3n) is 3.64. The van der Waals surface area contributed by atoms with E-state index in [1.165, 1.54) is 0 Å². The van der Waals surface area contributed by atoms with Gasteiger partial charge in [0.25, 0.3) is 0 Å². The summed E-state index contributed by atoms with van der Waals surface area (Å²) in [4.78, 5) is 17.8. The van der Waals surface area contributed by atoms with Crippen LogP contribution in [0.5, 0.6) is 0 Å². The Kier molecular flexibility index (Phi) is 4.35. The number of halogens is 1. The van der Waals surface area contributed by atoms with Gasteiger partial charge in [0.05, 0.1) is 6.42 Å². The van der Waals surface area contributed by atoms with Crippen LogP contribution in [-0.4, -0.2) is 40.2 Å². The Morgan fingerprint density at radius 1 is 1.43 bits per heavy atom. The van der Waals surface area contributed by atoms with Crippen LogP contribution in [0, 0.1) is 0 Å². The van der Waals surface area contributed by atoms with Crippen molar-refractivity contribution in [2.75, 3.05) is 23.0 Å². The van der Waals surface area contributed by atoms with E-state index in [-0.39, 0.29) is 12.5 Å². The van der Waals surface area contributed by atoms with Crippen LogP contribution in [0.2, 0.25) is 0 Å². The summed E-state index contributed by atoms with van der Waals surface area (Å²) < 4.78 is 1.03. The third kappa shape index (κ3) is 3.01. The van der Waals surface area contributed by atoms with Crippen molar-refractivity contribution in [3.05, 3.63) is 34.9 Å². The van der Waals surface area contributed by atoms with E-state index in [1.54, 1.807) is 6.20 Å². The Labute approximate surface area is 135 Å². The van der Waals surface area contributed by atoms with Crippen LogP contribution in [-0.2, 0) is 4.79 Å². The predicted molar refractivity (Wildman–Crippen MR) is 90.2 cm³/mol. The smallest absolute Gasteiger partial charge is 0.305 e. The Morgan fingerprint density at radius 3 is 3.10 bits per heavy atom. The van der Waals surface area contributed by atoms with Crippen molar-refractivity contribution < 1.29 is 9.90 Å². The highest BCUT2D eigenvalue weighted by Gasteiger charge is 2.27. The largest absolute Gasteiger partial charge is 0.481 e. The fourth-order valence-corrected chi connectivity index (χ4v) is 4.25. The van der Waals surface area contributed by atoms with E-state index in [4.69, 9.17) is 5.11 Å². The molecule has 21 heavy (non-hydrogen) atoms. The molecule has 1 atom stereocenters. The first-order chi connectivity index (χ1) is 10.2. The molecule has 1 aromatic heterocycles. The lowest BCUT2D eigenvalue weighted by molar-refractivity contribution is -0.137. The number of fused-ring (bicyclic) bond motifs is 1. The van der Waals surface area contributed by atoms with Crippen LogP contribution in [0.15, 0.2) is 34.9 Å². The summed E-state index contributed by atoms with van der Waals surface area (Å²) in [6.45, 7) is 0.835. The van der Waals surface area contributed by atoms with Gasteiger partial charge in [-0.25, -0.2) is 4.98 Å². The number of carboxylic acids is 1. The van der Waals surface area contributed by atoms with Crippen LogP contribution >= 0.6 is 27.7 Å². The van der Waals surface area contributed by atoms with E-state index >= 15 is 0 Å². The summed E-state index contributed by atoms with van der Waals surface area (Å²) in [5.74, 6) is 1.97. The molecule has 0 radical (unpaired) electrons. The van der Waals surface area contributed by atoms with Gasteiger partial charge in [0, 0.05) is 45.5 Å². The molecular formula is C15H15BrN2O2S. The zero-order chi connectivity index (χ0) is 14.8. The van der Waals surface area contributed by atoms with E-state index < -0.39 is 5.97 Å². The molecule has 0 bridgehead atoms. The standard InChI is InChI=1S/C15H15BrN2O2S/c16-13-3-1-2-12-11(13)4-5-17-15(12)18-6-7-21-9-10(18)8-14(19)20/h1-5,10H,6-9H2,(H,19,20). The molecule has 2 heterocycles. The number of nitrogens with zero attached hydrogens (tertiary/aromatic N) is 2. The summed E-state index contributed by atoms with van der Waals surface area (Å²) in [6, 6.07) is 8.02. The number of anilines is 1. The number of carbonyl (C=O) groups is 1. The minimum absolute atomic E-state index is 0.00154. The normalized spacial score (nSPS) is 18.9. The number of hydrogen-bond donors (Lipinski definition) is 1. The number of rotatable bonds is 3. The summed E-state index contributed by atoms with van der Waals surface area (Å²) in [7, 11) is 0. The van der Waals surface area contributed by atoms with Crippen molar-refractivity contribution >= 4 is 50.3 Å². The van der Waals surface area contributed by atoms with Gasteiger partial charge in [-0.1, -0.05) is 28.1 Å². The van der Waals surface area contributed by atoms with Gasteiger partial charge in [0.2, 0.25) is 0 Å². The molecule has 1 aliphatic heterocycles. The molecule has 1 fully saturated rings. The first-order valence-electron chi connectivity index (χ1n) is 6.76. The second-order valence-corrected chi connectivity index (χ2v) is 6.99. The summed E-state index contributed by atoms with van der Waals surface area (Å²) in [5, 5.41) is 11.3. The van der Waals surface area contributed by atoms with Crippen LogP contribution in [0.4, 0.5) is 5.82 Å². The average Bonchev–Trinajstić information content (AvgIpc) is 2.47. The first-order valence-corrected chi connectivity index (χ1v) is 8.71. The second-order valence-electron chi connectivity index (χ2n) is 4.99. The van der Waals surface area contributed by atoms with Crippen molar-refractivity contribution in [1.29, 1.82) is 0 Å². The van der Waals surface area contributed by atoms with E-state index in [1.807, 2.05) is 36.0 Å².